The van der Waals surface area contributed by atoms with Crippen molar-refractivity contribution in [3.8, 4) is 5.75 Å². The van der Waals surface area contributed by atoms with E-state index in [1.165, 1.54) is 4.88 Å². The van der Waals surface area contributed by atoms with Crippen LogP contribution in [0.2, 0.25) is 0 Å². The molecule has 0 spiro atoms. The van der Waals surface area contributed by atoms with E-state index >= 15 is 0 Å². The number of rotatable bonds is 5. The van der Waals surface area contributed by atoms with Gasteiger partial charge in [0.05, 0.1) is 0 Å². The second kappa shape index (κ2) is 5.68. The van der Waals surface area contributed by atoms with E-state index in [0.29, 0.717) is 13.0 Å². The van der Waals surface area contributed by atoms with Gasteiger partial charge in [-0.3, -0.25) is 0 Å². The van der Waals surface area contributed by atoms with Crippen LogP contribution in [0.3, 0.4) is 0 Å². The standard InChI is InChI=1S/C13H14O2S/c14-8-7-11-3-5-12(6-4-11)15-10-13-2-1-9-16-13/h1-6,9,14H,7-8,10H2. The second-order valence-corrected chi connectivity index (χ2v) is 4.52. The van der Waals surface area contributed by atoms with Crippen LogP contribution in [0, 0.1) is 0 Å². The van der Waals surface area contributed by atoms with Crippen LogP contribution in [0.15, 0.2) is 41.8 Å². The second-order valence-electron chi connectivity index (χ2n) is 3.49. The highest BCUT2D eigenvalue weighted by Gasteiger charge is 1.97. The molecule has 0 bridgehead atoms. The lowest BCUT2D eigenvalue weighted by Crippen LogP contribution is -1.94. The summed E-state index contributed by atoms with van der Waals surface area (Å²) in [5, 5.41) is 10.8. The first-order valence-electron chi connectivity index (χ1n) is 5.23. The molecule has 3 heteroatoms. The summed E-state index contributed by atoms with van der Waals surface area (Å²) in [6, 6.07) is 11.9. The van der Waals surface area contributed by atoms with Gasteiger partial charge in [0.1, 0.15) is 12.4 Å². The van der Waals surface area contributed by atoms with Crippen molar-refractivity contribution >= 4 is 11.3 Å². The molecule has 1 aromatic carbocycles. The third kappa shape index (κ3) is 3.08. The molecule has 0 saturated heterocycles. The molecule has 16 heavy (non-hydrogen) atoms. The molecule has 0 aliphatic rings. The van der Waals surface area contributed by atoms with Crippen molar-refractivity contribution in [3.63, 3.8) is 0 Å². The lowest BCUT2D eigenvalue weighted by molar-refractivity contribution is 0.298. The maximum Gasteiger partial charge on any atom is 0.122 e. The van der Waals surface area contributed by atoms with Crippen molar-refractivity contribution in [3.05, 3.63) is 52.2 Å². The van der Waals surface area contributed by atoms with Gasteiger partial charge >= 0.3 is 0 Å². The summed E-state index contributed by atoms with van der Waals surface area (Å²) >= 11 is 1.70. The number of benzene rings is 1. The molecule has 0 saturated carbocycles. The first-order chi connectivity index (χ1) is 7.88. The Morgan fingerprint density at radius 3 is 2.56 bits per heavy atom. The first kappa shape index (κ1) is 11.2. The minimum atomic E-state index is 0.190. The van der Waals surface area contributed by atoms with Gasteiger partial charge in [-0.25, -0.2) is 0 Å². The van der Waals surface area contributed by atoms with E-state index in [9.17, 15) is 0 Å². The van der Waals surface area contributed by atoms with Crippen LogP contribution < -0.4 is 4.74 Å². The van der Waals surface area contributed by atoms with Gasteiger partial charge in [0.15, 0.2) is 0 Å². The van der Waals surface area contributed by atoms with E-state index in [4.69, 9.17) is 9.84 Å². The Labute approximate surface area is 99.1 Å². The van der Waals surface area contributed by atoms with Gasteiger partial charge in [-0.2, -0.15) is 0 Å². The molecular weight excluding hydrogens is 220 g/mol. The molecule has 1 aromatic heterocycles. The highest BCUT2D eigenvalue weighted by atomic mass is 32.1. The third-order valence-electron chi connectivity index (χ3n) is 2.29. The molecule has 2 rings (SSSR count). The molecule has 0 atom stereocenters. The van der Waals surface area contributed by atoms with Gasteiger partial charge in [0.25, 0.3) is 0 Å². The maximum atomic E-state index is 8.79. The van der Waals surface area contributed by atoms with E-state index < -0.39 is 0 Å². The van der Waals surface area contributed by atoms with Crippen LogP contribution in [-0.2, 0) is 13.0 Å². The third-order valence-corrected chi connectivity index (χ3v) is 3.13. The zero-order chi connectivity index (χ0) is 11.2. The average molecular weight is 234 g/mol. The smallest absolute Gasteiger partial charge is 0.122 e. The fourth-order valence-corrected chi connectivity index (χ4v) is 2.05. The van der Waals surface area contributed by atoms with Crippen molar-refractivity contribution in [2.45, 2.75) is 13.0 Å². The quantitative estimate of drug-likeness (QED) is 0.862. The van der Waals surface area contributed by atoms with Crippen molar-refractivity contribution in [2.75, 3.05) is 6.61 Å². The fourth-order valence-electron chi connectivity index (χ4n) is 1.43. The molecule has 0 amide bonds. The summed E-state index contributed by atoms with van der Waals surface area (Å²) in [6.07, 6.45) is 0.700. The van der Waals surface area contributed by atoms with Crippen LogP contribution in [-0.4, -0.2) is 11.7 Å². The maximum absolute atomic E-state index is 8.79. The van der Waals surface area contributed by atoms with E-state index in [1.807, 2.05) is 35.7 Å². The Bertz CT molecular complexity index is 406. The Hall–Kier alpha value is -1.32. The van der Waals surface area contributed by atoms with E-state index in [2.05, 4.69) is 6.07 Å². The van der Waals surface area contributed by atoms with E-state index in [-0.39, 0.29) is 6.61 Å². The summed E-state index contributed by atoms with van der Waals surface area (Å²) in [5.74, 6) is 0.870. The molecule has 0 fully saturated rings. The van der Waals surface area contributed by atoms with Crippen LogP contribution >= 0.6 is 11.3 Å². The molecule has 0 radical (unpaired) electrons. The van der Waals surface area contributed by atoms with Gasteiger partial charge in [-0.1, -0.05) is 18.2 Å². The zero-order valence-corrected chi connectivity index (χ0v) is 9.74. The predicted molar refractivity (Wildman–Crippen MR) is 65.9 cm³/mol. The molecular formula is C13H14O2S. The van der Waals surface area contributed by atoms with Crippen LogP contribution in [0.5, 0.6) is 5.75 Å². The number of aliphatic hydroxyl groups is 1. The summed E-state index contributed by atoms with van der Waals surface area (Å²) in [4.78, 5) is 1.22. The normalized spacial score (nSPS) is 10.3. The Balaban J connectivity index is 1.90. The van der Waals surface area contributed by atoms with Crippen molar-refractivity contribution in [2.24, 2.45) is 0 Å². The first-order valence-corrected chi connectivity index (χ1v) is 6.11. The van der Waals surface area contributed by atoms with Crippen molar-refractivity contribution < 1.29 is 9.84 Å². The van der Waals surface area contributed by atoms with Crippen molar-refractivity contribution in [1.82, 2.24) is 0 Å². The number of aliphatic hydroxyl groups excluding tert-OH is 1. The highest BCUT2D eigenvalue weighted by molar-refractivity contribution is 7.09. The van der Waals surface area contributed by atoms with Gasteiger partial charge in [0, 0.05) is 11.5 Å². The molecule has 1 N–H and O–H groups in total. The lowest BCUT2D eigenvalue weighted by Gasteiger charge is -2.05. The molecule has 0 unspecified atom stereocenters. The molecule has 84 valence electrons. The minimum absolute atomic E-state index is 0.190. The number of hydrogen-bond donors (Lipinski definition) is 1. The van der Waals surface area contributed by atoms with Gasteiger partial charge in [0.2, 0.25) is 0 Å². The minimum Gasteiger partial charge on any atom is -0.488 e. The van der Waals surface area contributed by atoms with Crippen molar-refractivity contribution in [1.29, 1.82) is 0 Å². The number of thiophene rings is 1. The van der Waals surface area contributed by atoms with Crippen LogP contribution in [0.4, 0.5) is 0 Å². The Kier molecular flexibility index (Phi) is 3.97. The summed E-state index contributed by atoms with van der Waals surface area (Å²) in [7, 11) is 0. The number of hydrogen-bond acceptors (Lipinski definition) is 3. The largest absolute Gasteiger partial charge is 0.488 e. The predicted octanol–water partition coefficient (Wildman–Crippen LogP) is 2.86. The summed E-state index contributed by atoms with van der Waals surface area (Å²) in [5.41, 5.74) is 1.13. The monoisotopic (exact) mass is 234 g/mol. The SMILES string of the molecule is OCCc1ccc(OCc2cccs2)cc1. The van der Waals surface area contributed by atoms with E-state index in [1.54, 1.807) is 11.3 Å². The summed E-state index contributed by atoms with van der Waals surface area (Å²) in [6.45, 7) is 0.812. The zero-order valence-electron chi connectivity index (χ0n) is 8.93. The topological polar surface area (TPSA) is 29.5 Å². The molecule has 2 nitrogen and oxygen atoms in total. The Morgan fingerprint density at radius 1 is 1.12 bits per heavy atom. The fraction of sp³-hybridized carbons (Fsp3) is 0.231. The number of ether oxygens (including phenoxy) is 1. The Morgan fingerprint density at radius 2 is 1.94 bits per heavy atom. The van der Waals surface area contributed by atoms with Crippen LogP contribution in [0.1, 0.15) is 10.4 Å². The lowest BCUT2D eigenvalue weighted by atomic mass is 10.1. The summed E-state index contributed by atoms with van der Waals surface area (Å²) < 4.78 is 5.63. The molecule has 1 heterocycles. The molecule has 2 aromatic rings. The van der Waals surface area contributed by atoms with Gasteiger partial charge < -0.3 is 9.84 Å². The highest BCUT2D eigenvalue weighted by Crippen LogP contribution is 2.16. The van der Waals surface area contributed by atoms with Gasteiger partial charge in [-0.15, -0.1) is 11.3 Å². The molecule has 0 aliphatic carbocycles. The van der Waals surface area contributed by atoms with Gasteiger partial charge in [-0.05, 0) is 35.6 Å². The molecule has 0 aliphatic heterocycles. The van der Waals surface area contributed by atoms with Crippen LogP contribution in [0.25, 0.3) is 0 Å². The average Bonchev–Trinajstić information content (AvgIpc) is 2.82. The van der Waals surface area contributed by atoms with E-state index in [0.717, 1.165) is 11.3 Å².